The molecule has 110 valence electrons. The van der Waals surface area contributed by atoms with Crippen LogP contribution >= 0.6 is 0 Å². The van der Waals surface area contributed by atoms with Gasteiger partial charge >= 0.3 is 0 Å². The van der Waals surface area contributed by atoms with Gasteiger partial charge in [-0.1, -0.05) is 6.07 Å². The van der Waals surface area contributed by atoms with Gasteiger partial charge in [-0.2, -0.15) is 0 Å². The summed E-state index contributed by atoms with van der Waals surface area (Å²) in [7, 11) is 1.74. The average molecular weight is 287 g/mol. The van der Waals surface area contributed by atoms with Crippen LogP contribution < -0.4 is 4.90 Å². The molecule has 1 aliphatic rings. The standard InChI is InChI=1S/C13H17N7O/c1-18-12(15-16-17-18)10-13(21)20-8-6-19(7-9-20)11-4-2-3-5-14-11/h2-5H,6-10H2,1H3. The zero-order valence-electron chi connectivity index (χ0n) is 11.9. The highest BCUT2D eigenvalue weighted by atomic mass is 16.2. The van der Waals surface area contributed by atoms with Gasteiger partial charge in [-0.25, -0.2) is 9.67 Å². The van der Waals surface area contributed by atoms with Gasteiger partial charge in [0, 0.05) is 39.4 Å². The quantitative estimate of drug-likeness (QED) is 0.757. The first kappa shape index (κ1) is 13.5. The number of amides is 1. The first-order valence-corrected chi connectivity index (χ1v) is 6.89. The summed E-state index contributed by atoms with van der Waals surface area (Å²) in [6.45, 7) is 2.97. The molecule has 1 aliphatic heterocycles. The molecular weight excluding hydrogens is 270 g/mol. The molecule has 2 aromatic heterocycles. The van der Waals surface area contributed by atoms with Crippen LogP contribution in [0.2, 0.25) is 0 Å². The van der Waals surface area contributed by atoms with E-state index < -0.39 is 0 Å². The molecule has 1 fully saturated rings. The largest absolute Gasteiger partial charge is 0.353 e. The number of nitrogens with zero attached hydrogens (tertiary/aromatic N) is 7. The normalized spacial score (nSPS) is 15.3. The highest BCUT2D eigenvalue weighted by Crippen LogP contribution is 2.13. The first-order chi connectivity index (χ1) is 10.2. The van der Waals surface area contributed by atoms with Crippen molar-refractivity contribution in [3.63, 3.8) is 0 Å². The van der Waals surface area contributed by atoms with Gasteiger partial charge in [-0.3, -0.25) is 4.79 Å². The van der Waals surface area contributed by atoms with Crippen molar-refractivity contribution in [1.29, 1.82) is 0 Å². The van der Waals surface area contributed by atoms with Crippen LogP contribution in [0.1, 0.15) is 5.82 Å². The summed E-state index contributed by atoms with van der Waals surface area (Å²) < 4.78 is 1.53. The SMILES string of the molecule is Cn1nnnc1CC(=O)N1CCN(c2ccccn2)CC1. The Labute approximate surface area is 122 Å². The summed E-state index contributed by atoms with van der Waals surface area (Å²) in [6.07, 6.45) is 2.03. The third-order valence-electron chi connectivity index (χ3n) is 3.62. The maximum atomic E-state index is 12.2. The molecule has 1 amide bonds. The van der Waals surface area contributed by atoms with Crippen LogP contribution in [0.3, 0.4) is 0 Å². The van der Waals surface area contributed by atoms with Crippen molar-refractivity contribution in [2.75, 3.05) is 31.1 Å². The molecule has 0 atom stereocenters. The van der Waals surface area contributed by atoms with E-state index >= 15 is 0 Å². The Kier molecular flexibility index (Phi) is 3.76. The fourth-order valence-corrected chi connectivity index (χ4v) is 2.37. The molecule has 0 bridgehead atoms. The maximum Gasteiger partial charge on any atom is 0.230 e. The van der Waals surface area contributed by atoms with Gasteiger partial charge in [-0.05, 0) is 22.6 Å². The number of aryl methyl sites for hydroxylation is 1. The third-order valence-corrected chi connectivity index (χ3v) is 3.62. The zero-order chi connectivity index (χ0) is 14.7. The lowest BCUT2D eigenvalue weighted by atomic mass is 10.2. The number of piperazine rings is 1. The van der Waals surface area contributed by atoms with Crippen LogP contribution in [0.5, 0.6) is 0 Å². The molecule has 2 aromatic rings. The number of rotatable bonds is 3. The number of carbonyl (C=O) groups is 1. The Balaban J connectivity index is 1.56. The molecule has 1 saturated heterocycles. The number of tetrazole rings is 1. The minimum Gasteiger partial charge on any atom is -0.353 e. The van der Waals surface area contributed by atoms with Crippen molar-refractivity contribution >= 4 is 11.7 Å². The van der Waals surface area contributed by atoms with Gasteiger partial charge in [0.1, 0.15) is 5.82 Å². The summed E-state index contributed by atoms with van der Waals surface area (Å²) in [5.41, 5.74) is 0. The molecule has 0 aliphatic carbocycles. The van der Waals surface area contributed by atoms with Crippen molar-refractivity contribution in [2.45, 2.75) is 6.42 Å². The predicted octanol–water partition coefficient (Wildman–Crippen LogP) is -0.504. The van der Waals surface area contributed by atoms with E-state index in [1.165, 1.54) is 4.68 Å². The molecule has 0 saturated carbocycles. The van der Waals surface area contributed by atoms with Crippen molar-refractivity contribution in [1.82, 2.24) is 30.1 Å². The molecule has 3 heterocycles. The number of anilines is 1. The van der Waals surface area contributed by atoms with E-state index in [2.05, 4.69) is 25.4 Å². The molecule has 0 unspecified atom stereocenters. The Morgan fingerprint density at radius 3 is 2.67 bits per heavy atom. The fraction of sp³-hybridized carbons (Fsp3) is 0.462. The number of carbonyl (C=O) groups excluding carboxylic acids is 1. The van der Waals surface area contributed by atoms with Gasteiger partial charge in [0.25, 0.3) is 0 Å². The van der Waals surface area contributed by atoms with Gasteiger partial charge in [0.15, 0.2) is 5.82 Å². The molecule has 0 N–H and O–H groups in total. The van der Waals surface area contributed by atoms with Crippen LogP contribution in [0.25, 0.3) is 0 Å². The molecular formula is C13H17N7O. The van der Waals surface area contributed by atoms with Gasteiger partial charge in [-0.15, -0.1) is 5.10 Å². The molecule has 21 heavy (non-hydrogen) atoms. The molecule has 0 radical (unpaired) electrons. The lowest BCUT2D eigenvalue weighted by Crippen LogP contribution is -2.49. The van der Waals surface area contributed by atoms with Crippen LogP contribution in [-0.4, -0.2) is 62.2 Å². The van der Waals surface area contributed by atoms with E-state index in [1.54, 1.807) is 13.2 Å². The minimum atomic E-state index is 0.0635. The van der Waals surface area contributed by atoms with Crippen molar-refractivity contribution in [3.05, 3.63) is 30.2 Å². The predicted molar refractivity (Wildman–Crippen MR) is 75.5 cm³/mol. The maximum absolute atomic E-state index is 12.2. The number of aromatic nitrogens is 5. The van der Waals surface area contributed by atoms with Crippen LogP contribution in [0.15, 0.2) is 24.4 Å². The van der Waals surface area contributed by atoms with Crippen LogP contribution in [-0.2, 0) is 18.3 Å². The molecule has 3 rings (SSSR count). The first-order valence-electron chi connectivity index (χ1n) is 6.89. The summed E-state index contributed by atoms with van der Waals surface area (Å²) in [6, 6.07) is 5.86. The fourth-order valence-electron chi connectivity index (χ4n) is 2.37. The van der Waals surface area contributed by atoms with E-state index in [1.807, 2.05) is 23.1 Å². The summed E-state index contributed by atoms with van der Waals surface area (Å²) in [5, 5.41) is 11.1. The summed E-state index contributed by atoms with van der Waals surface area (Å²) in [4.78, 5) is 20.6. The summed E-state index contributed by atoms with van der Waals surface area (Å²) >= 11 is 0. The highest BCUT2D eigenvalue weighted by Gasteiger charge is 2.23. The smallest absolute Gasteiger partial charge is 0.230 e. The second-order valence-electron chi connectivity index (χ2n) is 4.95. The van der Waals surface area contributed by atoms with Crippen molar-refractivity contribution < 1.29 is 4.79 Å². The molecule has 0 aromatic carbocycles. The second-order valence-corrected chi connectivity index (χ2v) is 4.95. The molecule has 8 nitrogen and oxygen atoms in total. The van der Waals surface area contributed by atoms with E-state index in [-0.39, 0.29) is 12.3 Å². The Bertz CT molecular complexity index is 604. The monoisotopic (exact) mass is 287 g/mol. The number of hydrogen-bond donors (Lipinski definition) is 0. The highest BCUT2D eigenvalue weighted by molar-refractivity contribution is 5.78. The zero-order valence-corrected chi connectivity index (χ0v) is 11.9. The van der Waals surface area contributed by atoms with E-state index in [4.69, 9.17) is 0 Å². The minimum absolute atomic E-state index is 0.0635. The Morgan fingerprint density at radius 1 is 1.24 bits per heavy atom. The lowest BCUT2D eigenvalue weighted by Gasteiger charge is -2.35. The van der Waals surface area contributed by atoms with E-state index in [0.29, 0.717) is 18.9 Å². The van der Waals surface area contributed by atoms with E-state index in [9.17, 15) is 4.79 Å². The molecule has 8 heteroatoms. The van der Waals surface area contributed by atoms with Crippen LogP contribution in [0.4, 0.5) is 5.82 Å². The van der Waals surface area contributed by atoms with Crippen molar-refractivity contribution in [3.8, 4) is 0 Å². The van der Waals surface area contributed by atoms with Gasteiger partial charge in [0.05, 0.1) is 6.42 Å². The number of pyridine rings is 1. The third kappa shape index (κ3) is 2.99. The van der Waals surface area contributed by atoms with Gasteiger partial charge in [0.2, 0.25) is 5.91 Å². The van der Waals surface area contributed by atoms with Gasteiger partial charge < -0.3 is 9.80 Å². The number of hydrogen-bond acceptors (Lipinski definition) is 6. The summed E-state index contributed by atoms with van der Waals surface area (Å²) in [5.74, 6) is 1.61. The Hall–Kier alpha value is -2.51. The average Bonchev–Trinajstić information content (AvgIpc) is 2.93. The van der Waals surface area contributed by atoms with Crippen LogP contribution in [0, 0.1) is 0 Å². The topological polar surface area (TPSA) is 80.0 Å². The molecule has 0 spiro atoms. The van der Waals surface area contributed by atoms with E-state index in [0.717, 1.165) is 18.9 Å². The van der Waals surface area contributed by atoms with Crippen molar-refractivity contribution in [2.24, 2.45) is 7.05 Å². The Morgan fingerprint density at radius 2 is 2.05 bits per heavy atom. The second kappa shape index (κ2) is 5.86. The lowest BCUT2D eigenvalue weighted by molar-refractivity contribution is -0.130.